The van der Waals surface area contributed by atoms with Crippen LogP contribution in [-0.2, 0) is 6.54 Å². The van der Waals surface area contributed by atoms with Gasteiger partial charge >= 0.3 is 6.18 Å². The van der Waals surface area contributed by atoms with Crippen LogP contribution in [0, 0.1) is 12.8 Å². The molecule has 1 aromatic carbocycles. The van der Waals surface area contributed by atoms with E-state index in [0.29, 0.717) is 37.0 Å². The Bertz CT molecular complexity index is 607. The van der Waals surface area contributed by atoms with E-state index in [1.807, 2.05) is 13.0 Å². The molecule has 1 aromatic rings. The van der Waals surface area contributed by atoms with Gasteiger partial charge in [-0.15, -0.1) is 24.0 Å². The Morgan fingerprint density at radius 2 is 1.93 bits per heavy atom. The zero-order chi connectivity index (χ0) is 21.0. The number of aliphatic hydroxyl groups excluding tert-OH is 1. The number of benzene rings is 1. The van der Waals surface area contributed by atoms with E-state index >= 15 is 0 Å². The summed E-state index contributed by atoms with van der Waals surface area (Å²) < 4.78 is 42.5. The largest absolute Gasteiger partial charge is 0.484 e. The zero-order valence-corrected chi connectivity index (χ0v) is 19.6. The number of rotatable bonds is 11. The van der Waals surface area contributed by atoms with Crippen LogP contribution < -0.4 is 15.4 Å². The fourth-order valence-electron chi connectivity index (χ4n) is 2.77. The predicted octanol–water partition coefficient (Wildman–Crippen LogP) is 4.41. The van der Waals surface area contributed by atoms with Crippen LogP contribution >= 0.6 is 24.0 Å². The highest BCUT2D eigenvalue weighted by Crippen LogP contribution is 2.24. The Morgan fingerprint density at radius 1 is 1.21 bits per heavy atom. The van der Waals surface area contributed by atoms with Gasteiger partial charge in [0.05, 0.1) is 6.54 Å². The first-order valence-electron chi connectivity index (χ1n) is 9.71. The third kappa shape index (κ3) is 12.1. The number of alkyl halides is 3. The third-order valence-corrected chi connectivity index (χ3v) is 4.16. The van der Waals surface area contributed by atoms with Crippen molar-refractivity contribution in [1.82, 2.24) is 10.6 Å². The van der Waals surface area contributed by atoms with Gasteiger partial charge in [0.1, 0.15) is 5.75 Å². The molecule has 1 unspecified atom stereocenters. The van der Waals surface area contributed by atoms with Crippen molar-refractivity contribution in [3.05, 3.63) is 29.3 Å². The highest BCUT2D eigenvalue weighted by molar-refractivity contribution is 14.0. The molecule has 0 bridgehead atoms. The number of hydrogen-bond acceptors (Lipinski definition) is 3. The SMILES string of the molecule is CCCC(CCO)CNC(=NCc1ccc(C)cc1OCC(F)(F)F)NCC.I. The standard InChI is InChI=1S/C20H32F3N3O2.HI/c1-4-6-16(9-10-27)12-25-19(24-5-2)26-13-17-8-7-15(3)11-18(17)28-14-20(21,22)23;/h7-8,11,16,27H,4-6,9-10,12-14H2,1-3H3,(H2,24,25,26);1H. The first-order chi connectivity index (χ1) is 13.3. The number of halogens is 4. The Kier molecular flexibility index (Phi) is 14.1. The van der Waals surface area contributed by atoms with Crippen LogP contribution in [0.2, 0.25) is 0 Å². The van der Waals surface area contributed by atoms with Gasteiger partial charge in [-0.3, -0.25) is 0 Å². The average Bonchev–Trinajstić information content (AvgIpc) is 2.63. The molecular formula is C20H33F3IN3O2. The van der Waals surface area contributed by atoms with E-state index in [0.717, 1.165) is 18.4 Å². The van der Waals surface area contributed by atoms with Crippen molar-refractivity contribution >= 4 is 29.9 Å². The van der Waals surface area contributed by atoms with Crippen LogP contribution in [0.1, 0.15) is 44.2 Å². The van der Waals surface area contributed by atoms with Gasteiger partial charge in [0.15, 0.2) is 12.6 Å². The highest BCUT2D eigenvalue weighted by atomic mass is 127. The minimum atomic E-state index is -4.39. The molecule has 0 saturated carbocycles. The molecule has 0 spiro atoms. The molecule has 0 saturated heterocycles. The van der Waals surface area contributed by atoms with Crippen LogP contribution in [0.25, 0.3) is 0 Å². The minimum Gasteiger partial charge on any atom is -0.484 e. The molecule has 0 heterocycles. The number of aryl methyl sites for hydroxylation is 1. The van der Waals surface area contributed by atoms with Crippen molar-refractivity contribution in [3.63, 3.8) is 0 Å². The summed E-state index contributed by atoms with van der Waals surface area (Å²) in [5.41, 5.74) is 1.41. The molecule has 3 N–H and O–H groups in total. The number of aliphatic imine (C=N–C) groups is 1. The van der Waals surface area contributed by atoms with Crippen molar-refractivity contribution in [2.75, 3.05) is 26.3 Å². The molecule has 0 aromatic heterocycles. The number of aliphatic hydroxyl groups is 1. The molecule has 0 radical (unpaired) electrons. The lowest BCUT2D eigenvalue weighted by Gasteiger charge is -2.18. The van der Waals surface area contributed by atoms with Crippen molar-refractivity contribution in [3.8, 4) is 5.75 Å². The van der Waals surface area contributed by atoms with Gasteiger partial charge in [-0.25, -0.2) is 4.99 Å². The lowest BCUT2D eigenvalue weighted by molar-refractivity contribution is -0.153. The van der Waals surface area contributed by atoms with Crippen LogP contribution in [0.5, 0.6) is 5.75 Å². The molecule has 1 rings (SSSR count). The van der Waals surface area contributed by atoms with E-state index in [1.54, 1.807) is 19.1 Å². The monoisotopic (exact) mass is 531 g/mol. The smallest absolute Gasteiger partial charge is 0.422 e. The Morgan fingerprint density at radius 3 is 2.52 bits per heavy atom. The van der Waals surface area contributed by atoms with E-state index in [4.69, 9.17) is 4.74 Å². The molecule has 0 aliphatic carbocycles. The van der Waals surface area contributed by atoms with E-state index < -0.39 is 12.8 Å². The second-order valence-electron chi connectivity index (χ2n) is 6.76. The van der Waals surface area contributed by atoms with Crippen LogP contribution in [-0.4, -0.2) is 43.5 Å². The summed E-state index contributed by atoms with van der Waals surface area (Å²) in [5.74, 6) is 1.12. The minimum absolute atomic E-state index is 0. The number of hydrogen-bond donors (Lipinski definition) is 3. The molecular weight excluding hydrogens is 498 g/mol. The second kappa shape index (κ2) is 14.7. The quantitative estimate of drug-likeness (QED) is 0.225. The van der Waals surface area contributed by atoms with Crippen LogP contribution in [0.4, 0.5) is 13.2 Å². The molecule has 0 amide bonds. The average molecular weight is 531 g/mol. The molecule has 5 nitrogen and oxygen atoms in total. The summed E-state index contributed by atoms with van der Waals surface area (Å²) in [5, 5.41) is 15.6. The normalized spacial score (nSPS) is 12.9. The second-order valence-corrected chi connectivity index (χ2v) is 6.76. The first kappa shape index (κ1) is 27.8. The predicted molar refractivity (Wildman–Crippen MR) is 121 cm³/mol. The maximum absolute atomic E-state index is 12.5. The summed E-state index contributed by atoms with van der Waals surface area (Å²) in [4.78, 5) is 4.48. The van der Waals surface area contributed by atoms with Gasteiger partial charge in [-0.2, -0.15) is 13.2 Å². The van der Waals surface area contributed by atoms with Crippen LogP contribution in [0.15, 0.2) is 23.2 Å². The number of ether oxygens (including phenoxy) is 1. The molecule has 0 aliphatic heterocycles. The maximum Gasteiger partial charge on any atom is 0.422 e. The molecule has 9 heteroatoms. The zero-order valence-electron chi connectivity index (χ0n) is 17.3. The van der Waals surface area contributed by atoms with Crippen LogP contribution in [0.3, 0.4) is 0 Å². The Hall–Kier alpha value is -1.23. The summed E-state index contributed by atoms with van der Waals surface area (Å²) in [6.45, 7) is 6.19. The number of nitrogens with zero attached hydrogens (tertiary/aromatic N) is 1. The van der Waals surface area contributed by atoms with Gasteiger partial charge in [0, 0.05) is 25.3 Å². The summed E-state index contributed by atoms with van der Waals surface area (Å²) in [6, 6.07) is 5.15. The highest BCUT2D eigenvalue weighted by Gasteiger charge is 2.28. The van der Waals surface area contributed by atoms with E-state index in [2.05, 4.69) is 22.5 Å². The molecule has 29 heavy (non-hydrogen) atoms. The molecule has 0 fully saturated rings. The lowest BCUT2D eigenvalue weighted by atomic mass is 10.0. The topological polar surface area (TPSA) is 65.9 Å². The van der Waals surface area contributed by atoms with Gasteiger partial charge in [-0.05, 0) is 44.2 Å². The Labute approximate surface area is 188 Å². The maximum atomic E-state index is 12.5. The number of nitrogens with one attached hydrogen (secondary N) is 2. The van der Waals surface area contributed by atoms with E-state index in [9.17, 15) is 18.3 Å². The fourth-order valence-corrected chi connectivity index (χ4v) is 2.77. The summed E-state index contributed by atoms with van der Waals surface area (Å²) in [7, 11) is 0. The molecule has 168 valence electrons. The van der Waals surface area contributed by atoms with Gasteiger partial charge in [-0.1, -0.05) is 25.5 Å². The third-order valence-electron chi connectivity index (χ3n) is 4.16. The Balaban J connectivity index is 0.00000784. The molecule has 1 atom stereocenters. The van der Waals surface area contributed by atoms with E-state index in [1.165, 1.54) is 0 Å². The van der Waals surface area contributed by atoms with Crippen molar-refractivity contribution in [2.45, 2.75) is 52.8 Å². The van der Waals surface area contributed by atoms with E-state index in [-0.39, 0.29) is 42.9 Å². The van der Waals surface area contributed by atoms with Gasteiger partial charge in [0.25, 0.3) is 0 Å². The van der Waals surface area contributed by atoms with Crippen molar-refractivity contribution in [1.29, 1.82) is 0 Å². The van der Waals surface area contributed by atoms with Crippen molar-refractivity contribution < 1.29 is 23.0 Å². The summed E-state index contributed by atoms with van der Waals surface area (Å²) >= 11 is 0. The first-order valence-corrected chi connectivity index (χ1v) is 9.71. The van der Waals surface area contributed by atoms with Gasteiger partial charge in [0.2, 0.25) is 0 Å². The molecule has 0 aliphatic rings. The summed E-state index contributed by atoms with van der Waals surface area (Å²) in [6.07, 6.45) is -1.64. The fraction of sp³-hybridized carbons (Fsp3) is 0.650. The van der Waals surface area contributed by atoms with Crippen molar-refractivity contribution in [2.24, 2.45) is 10.9 Å². The van der Waals surface area contributed by atoms with Gasteiger partial charge < -0.3 is 20.5 Å². The number of guanidine groups is 1. The lowest BCUT2D eigenvalue weighted by Crippen LogP contribution is -2.40.